The van der Waals surface area contributed by atoms with E-state index in [2.05, 4.69) is 55.4 Å². The molecule has 0 fully saturated rings. The number of methoxy groups -OCH3 is 2. The summed E-state index contributed by atoms with van der Waals surface area (Å²) in [5, 5.41) is 19.7. The maximum Gasteiger partial charge on any atom is 0.335 e. The van der Waals surface area contributed by atoms with Gasteiger partial charge in [0.2, 0.25) is 0 Å². The summed E-state index contributed by atoms with van der Waals surface area (Å²) < 4.78 is 10.6. The lowest BCUT2D eigenvalue weighted by Gasteiger charge is -2.22. The lowest BCUT2D eigenvalue weighted by atomic mass is 9.83. The number of aryl methyl sites for hydroxylation is 2. The van der Waals surface area contributed by atoms with Crippen LogP contribution in [0.1, 0.15) is 211 Å². The molecule has 0 heterocycles. The maximum absolute atomic E-state index is 12.1. The molecule has 2 rings (SSSR count). The van der Waals surface area contributed by atoms with Crippen LogP contribution in [0.4, 0.5) is 0 Å². The van der Waals surface area contributed by atoms with Crippen molar-refractivity contribution in [3.8, 4) is 0 Å². The van der Waals surface area contributed by atoms with Gasteiger partial charge in [0.15, 0.2) is 0 Å². The quantitative estimate of drug-likeness (QED) is 0.0767. The van der Waals surface area contributed by atoms with Crippen molar-refractivity contribution in [2.24, 2.45) is 11.8 Å². The second-order valence-electron chi connectivity index (χ2n) is 16.8. The summed E-state index contributed by atoms with van der Waals surface area (Å²) in [6.45, 7) is 19.0. The van der Waals surface area contributed by atoms with Gasteiger partial charge in [-0.1, -0.05) is 120 Å². The fourth-order valence-electron chi connectivity index (χ4n) is 8.11. The molecule has 0 aliphatic rings. The van der Waals surface area contributed by atoms with E-state index in [1.807, 2.05) is 12.1 Å². The summed E-state index contributed by atoms with van der Waals surface area (Å²) in [7, 11) is 3.37. The minimum absolute atomic E-state index is 0.488. The Morgan fingerprint density at radius 1 is 0.464 bits per heavy atom. The summed E-state index contributed by atoms with van der Waals surface area (Å²) in [4.78, 5) is 24.0. The number of benzene rings is 2. The Bertz CT molecular complexity index is 1390. The van der Waals surface area contributed by atoms with Gasteiger partial charge in [0.1, 0.15) is 0 Å². The standard InChI is InChI=1S/C26H44O3.C24H40O3/c1-6-8-14-21-19-25(26(27)28)24(17-18-29-5)23(15-9-7-2)22(21)16-12-10-11-13-20(3)4;1-6-11-19-17-23(24(25)26)22(15-16-27-5)21(12-7-2)20(19)14-10-8-9-13-18(3)4/h19-20H,6-18H2,1-5H3,(H,27,28);17-18H,6-16H2,1-5H3,(H,25,26). The van der Waals surface area contributed by atoms with Crippen LogP contribution >= 0.6 is 0 Å². The monoisotopic (exact) mass is 781 g/mol. The number of hydrogen-bond donors (Lipinski definition) is 2. The second-order valence-corrected chi connectivity index (χ2v) is 16.8. The van der Waals surface area contributed by atoms with E-state index in [-0.39, 0.29) is 0 Å². The van der Waals surface area contributed by atoms with Crippen molar-refractivity contribution in [2.45, 2.75) is 197 Å². The minimum Gasteiger partial charge on any atom is -0.478 e. The lowest BCUT2D eigenvalue weighted by molar-refractivity contribution is 0.0684. The van der Waals surface area contributed by atoms with Gasteiger partial charge < -0.3 is 19.7 Å². The van der Waals surface area contributed by atoms with Crippen molar-refractivity contribution >= 4 is 11.9 Å². The zero-order chi connectivity index (χ0) is 41.9. The molecular formula is C50H84O6. The molecule has 6 heteroatoms. The van der Waals surface area contributed by atoms with Gasteiger partial charge in [0, 0.05) is 14.2 Å². The molecule has 0 spiro atoms. The summed E-state index contributed by atoms with van der Waals surface area (Å²) in [6.07, 6.45) is 24.0. The normalized spacial score (nSPS) is 11.4. The van der Waals surface area contributed by atoms with Crippen molar-refractivity contribution in [3.05, 3.63) is 67.8 Å². The van der Waals surface area contributed by atoms with E-state index in [0.29, 0.717) is 37.2 Å². The highest BCUT2D eigenvalue weighted by Gasteiger charge is 2.22. The Hall–Kier alpha value is -2.70. The first-order valence-corrected chi connectivity index (χ1v) is 22.7. The molecule has 0 amide bonds. The van der Waals surface area contributed by atoms with Crippen LogP contribution in [0.2, 0.25) is 0 Å². The molecule has 0 atom stereocenters. The van der Waals surface area contributed by atoms with E-state index in [9.17, 15) is 19.8 Å². The SMILES string of the molecule is CCCCc1cc(C(=O)O)c(CCOC)c(CCCC)c1CCCCCC(C)C.CCCc1cc(C(=O)O)c(CCOC)c(CCC)c1CCCCCC(C)C. The summed E-state index contributed by atoms with van der Waals surface area (Å²) in [5.41, 5.74) is 11.0. The Kier molecular flexibility index (Phi) is 27.8. The second kappa shape index (κ2) is 30.4. The number of rotatable bonds is 30. The zero-order valence-corrected chi connectivity index (χ0v) is 37.8. The average Bonchev–Trinajstić information content (AvgIpc) is 3.15. The van der Waals surface area contributed by atoms with Crippen LogP contribution in [0, 0.1) is 11.8 Å². The lowest BCUT2D eigenvalue weighted by Crippen LogP contribution is -2.14. The number of unbranched alkanes of at least 4 members (excludes halogenated alkanes) is 6. The predicted molar refractivity (Wildman–Crippen MR) is 237 cm³/mol. The van der Waals surface area contributed by atoms with E-state index in [0.717, 1.165) is 100 Å². The highest BCUT2D eigenvalue weighted by Crippen LogP contribution is 2.31. The van der Waals surface area contributed by atoms with Crippen LogP contribution in [0.3, 0.4) is 0 Å². The third-order valence-electron chi connectivity index (χ3n) is 11.1. The van der Waals surface area contributed by atoms with Crippen molar-refractivity contribution in [1.29, 1.82) is 0 Å². The van der Waals surface area contributed by atoms with E-state index < -0.39 is 11.9 Å². The fraction of sp³-hybridized carbons (Fsp3) is 0.720. The van der Waals surface area contributed by atoms with Gasteiger partial charge in [0.25, 0.3) is 0 Å². The number of carboxylic acid groups (broad SMARTS) is 2. The van der Waals surface area contributed by atoms with E-state index in [4.69, 9.17) is 9.47 Å². The minimum atomic E-state index is -0.806. The van der Waals surface area contributed by atoms with Gasteiger partial charge in [-0.2, -0.15) is 0 Å². The Morgan fingerprint density at radius 2 is 0.857 bits per heavy atom. The van der Waals surface area contributed by atoms with Gasteiger partial charge in [-0.05, 0) is 146 Å². The highest BCUT2D eigenvalue weighted by molar-refractivity contribution is 5.91. The number of carboxylic acids is 2. The summed E-state index contributed by atoms with van der Waals surface area (Å²) >= 11 is 0. The van der Waals surface area contributed by atoms with Crippen LogP contribution in [-0.4, -0.2) is 49.6 Å². The zero-order valence-electron chi connectivity index (χ0n) is 37.8. The number of ether oxygens (including phenoxy) is 2. The van der Waals surface area contributed by atoms with Crippen molar-refractivity contribution in [2.75, 3.05) is 27.4 Å². The molecule has 0 aromatic heterocycles. The van der Waals surface area contributed by atoms with Crippen molar-refractivity contribution in [3.63, 3.8) is 0 Å². The molecule has 2 N–H and O–H groups in total. The predicted octanol–water partition coefficient (Wildman–Crippen LogP) is 13.3. The molecule has 2 aromatic carbocycles. The molecule has 0 unspecified atom stereocenters. The number of carbonyl (C=O) groups is 2. The summed E-state index contributed by atoms with van der Waals surface area (Å²) in [6, 6.07) is 3.95. The first-order valence-electron chi connectivity index (χ1n) is 22.7. The largest absolute Gasteiger partial charge is 0.478 e. The fourth-order valence-corrected chi connectivity index (χ4v) is 8.11. The molecule has 56 heavy (non-hydrogen) atoms. The average molecular weight is 781 g/mol. The smallest absolute Gasteiger partial charge is 0.335 e. The first kappa shape index (κ1) is 51.3. The number of aromatic carboxylic acids is 2. The molecule has 0 saturated carbocycles. The molecule has 6 nitrogen and oxygen atoms in total. The van der Waals surface area contributed by atoms with E-state index in [1.54, 1.807) is 14.2 Å². The molecule has 0 bridgehead atoms. The third-order valence-corrected chi connectivity index (χ3v) is 11.1. The van der Waals surface area contributed by atoms with Crippen LogP contribution in [0.15, 0.2) is 12.1 Å². The van der Waals surface area contributed by atoms with Crippen molar-refractivity contribution in [1.82, 2.24) is 0 Å². The van der Waals surface area contributed by atoms with Gasteiger partial charge in [-0.15, -0.1) is 0 Å². The van der Waals surface area contributed by atoms with E-state index in [1.165, 1.54) is 84.7 Å². The molecule has 320 valence electrons. The van der Waals surface area contributed by atoms with Gasteiger partial charge in [-0.3, -0.25) is 0 Å². The molecule has 0 aliphatic carbocycles. The molecule has 0 aliphatic heterocycles. The van der Waals surface area contributed by atoms with E-state index >= 15 is 0 Å². The van der Waals surface area contributed by atoms with Gasteiger partial charge in [-0.25, -0.2) is 9.59 Å². The Morgan fingerprint density at radius 3 is 1.23 bits per heavy atom. The number of hydrogen-bond acceptors (Lipinski definition) is 4. The topological polar surface area (TPSA) is 93.1 Å². The van der Waals surface area contributed by atoms with Crippen LogP contribution in [-0.2, 0) is 60.8 Å². The van der Waals surface area contributed by atoms with Gasteiger partial charge >= 0.3 is 11.9 Å². The highest BCUT2D eigenvalue weighted by atomic mass is 16.5. The first-order chi connectivity index (χ1) is 26.9. The Balaban J connectivity index is 0.000000561. The van der Waals surface area contributed by atoms with Crippen LogP contribution in [0.5, 0.6) is 0 Å². The molecular weight excluding hydrogens is 697 g/mol. The third kappa shape index (κ3) is 18.7. The summed E-state index contributed by atoms with van der Waals surface area (Å²) in [5.74, 6) is -0.0631. The molecule has 0 saturated heterocycles. The van der Waals surface area contributed by atoms with Crippen LogP contribution < -0.4 is 0 Å². The van der Waals surface area contributed by atoms with Crippen molar-refractivity contribution < 1.29 is 29.3 Å². The Labute approximate surface area is 344 Å². The molecule has 2 aromatic rings. The molecule has 0 radical (unpaired) electrons. The van der Waals surface area contributed by atoms with Gasteiger partial charge in [0.05, 0.1) is 24.3 Å². The van der Waals surface area contributed by atoms with Crippen LogP contribution in [0.25, 0.3) is 0 Å². The maximum atomic E-state index is 12.1.